The van der Waals surface area contributed by atoms with Gasteiger partial charge in [0.25, 0.3) is 6.08 Å². The van der Waals surface area contributed by atoms with Crippen molar-refractivity contribution < 1.29 is 18.3 Å². The Morgan fingerprint density at radius 1 is 1.19 bits per heavy atom. The Balaban J connectivity index is 3.22. The van der Waals surface area contributed by atoms with Gasteiger partial charge in [0.1, 0.15) is 0 Å². The number of hydrogen-bond donors (Lipinski definition) is 1. The first-order valence-corrected chi connectivity index (χ1v) is 4.60. The maximum absolute atomic E-state index is 12.5. The fourth-order valence-corrected chi connectivity index (χ4v) is 1.33. The van der Waals surface area contributed by atoms with Crippen molar-refractivity contribution in [3.05, 3.63) is 29.8 Å². The second-order valence-electron chi connectivity index (χ2n) is 3.01. The summed E-state index contributed by atoms with van der Waals surface area (Å²) in [6, 6.07) is 4.55. The number of hydrogen-bond acceptors (Lipinski definition) is 3. The van der Waals surface area contributed by atoms with E-state index in [1.54, 1.807) is 6.07 Å². The van der Waals surface area contributed by atoms with Crippen molar-refractivity contribution in [1.29, 1.82) is 0 Å². The van der Waals surface area contributed by atoms with Crippen LogP contribution < -0.4 is 15.2 Å². The van der Waals surface area contributed by atoms with E-state index in [-0.39, 0.29) is 12.1 Å². The molecule has 1 rings (SSSR count). The summed E-state index contributed by atoms with van der Waals surface area (Å²) in [5.74, 6) is 0.883. The van der Waals surface area contributed by atoms with Gasteiger partial charge in [-0.05, 0) is 17.7 Å². The molecule has 1 aromatic carbocycles. The van der Waals surface area contributed by atoms with E-state index in [0.29, 0.717) is 17.1 Å². The van der Waals surface area contributed by atoms with Gasteiger partial charge < -0.3 is 15.2 Å². The lowest BCUT2D eigenvalue weighted by molar-refractivity contribution is 0.355. The van der Waals surface area contributed by atoms with E-state index in [9.17, 15) is 8.78 Å². The molecule has 0 spiro atoms. The van der Waals surface area contributed by atoms with Crippen molar-refractivity contribution in [3.63, 3.8) is 0 Å². The molecule has 0 heterocycles. The van der Waals surface area contributed by atoms with E-state index in [4.69, 9.17) is 15.2 Å². The van der Waals surface area contributed by atoms with E-state index in [2.05, 4.69) is 0 Å². The molecule has 0 bridgehead atoms. The molecule has 0 aliphatic carbocycles. The van der Waals surface area contributed by atoms with Crippen LogP contribution in [0.25, 0.3) is 5.57 Å². The van der Waals surface area contributed by atoms with Crippen LogP contribution in [0.15, 0.2) is 24.3 Å². The number of ether oxygens (including phenoxy) is 2. The first-order chi connectivity index (χ1) is 7.63. The van der Waals surface area contributed by atoms with Crippen molar-refractivity contribution in [3.8, 4) is 11.5 Å². The second kappa shape index (κ2) is 5.46. The number of rotatable bonds is 4. The molecule has 1 aromatic rings. The lowest BCUT2D eigenvalue weighted by atomic mass is 10.1. The van der Waals surface area contributed by atoms with Gasteiger partial charge in [-0.2, -0.15) is 8.78 Å². The van der Waals surface area contributed by atoms with Crippen LogP contribution in [0.4, 0.5) is 8.78 Å². The molecule has 0 amide bonds. The zero-order valence-electron chi connectivity index (χ0n) is 9.09. The van der Waals surface area contributed by atoms with E-state index in [1.165, 1.54) is 26.4 Å². The quantitative estimate of drug-likeness (QED) is 0.861. The summed E-state index contributed by atoms with van der Waals surface area (Å²) < 4.78 is 35.1. The minimum absolute atomic E-state index is 0.194. The average molecular weight is 229 g/mol. The van der Waals surface area contributed by atoms with Gasteiger partial charge >= 0.3 is 0 Å². The van der Waals surface area contributed by atoms with Gasteiger partial charge in [-0.1, -0.05) is 6.07 Å². The fourth-order valence-electron chi connectivity index (χ4n) is 1.33. The standard InChI is InChI=1S/C11H13F2NO2/c1-15-9-4-3-7(5-10(9)16-2)8(6-14)11(12)13/h3-5H,6,14H2,1-2H3. The predicted octanol–water partition coefficient (Wildman–Crippen LogP) is 2.27. The molecule has 0 aliphatic rings. The third-order valence-corrected chi connectivity index (χ3v) is 2.16. The molecule has 88 valence electrons. The highest BCUT2D eigenvalue weighted by molar-refractivity contribution is 5.69. The summed E-state index contributed by atoms with van der Waals surface area (Å²) >= 11 is 0. The molecule has 5 heteroatoms. The van der Waals surface area contributed by atoms with Crippen LogP contribution in [-0.4, -0.2) is 20.8 Å². The number of benzene rings is 1. The normalized spacial score (nSPS) is 9.81. The van der Waals surface area contributed by atoms with Gasteiger partial charge in [-0.15, -0.1) is 0 Å². The van der Waals surface area contributed by atoms with Crippen molar-refractivity contribution in [2.75, 3.05) is 20.8 Å². The van der Waals surface area contributed by atoms with E-state index in [1.807, 2.05) is 0 Å². The highest BCUT2D eigenvalue weighted by Gasteiger charge is 2.11. The average Bonchev–Trinajstić information content (AvgIpc) is 2.29. The second-order valence-corrected chi connectivity index (χ2v) is 3.01. The summed E-state index contributed by atoms with van der Waals surface area (Å²) in [5, 5.41) is 0. The van der Waals surface area contributed by atoms with E-state index < -0.39 is 6.08 Å². The Morgan fingerprint density at radius 2 is 1.81 bits per heavy atom. The van der Waals surface area contributed by atoms with Crippen molar-refractivity contribution in [2.45, 2.75) is 0 Å². The number of methoxy groups -OCH3 is 2. The van der Waals surface area contributed by atoms with Gasteiger partial charge in [0, 0.05) is 12.1 Å². The molecule has 0 atom stereocenters. The molecule has 0 aliphatic heterocycles. The first kappa shape index (κ1) is 12.4. The smallest absolute Gasteiger partial charge is 0.275 e. The molecule has 16 heavy (non-hydrogen) atoms. The third kappa shape index (κ3) is 2.49. The monoisotopic (exact) mass is 229 g/mol. The van der Waals surface area contributed by atoms with Gasteiger partial charge in [0.15, 0.2) is 11.5 Å². The van der Waals surface area contributed by atoms with Gasteiger partial charge in [0.2, 0.25) is 0 Å². The Morgan fingerprint density at radius 3 is 2.25 bits per heavy atom. The molecule has 2 N–H and O–H groups in total. The molecular formula is C11H13F2NO2. The van der Waals surface area contributed by atoms with Crippen LogP contribution in [0.3, 0.4) is 0 Å². The minimum atomic E-state index is -1.78. The Labute approximate surface area is 92.5 Å². The third-order valence-electron chi connectivity index (χ3n) is 2.16. The number of nitrogens with two attached hydrogens (primary N) is 1. The molecule has 0 saturated carbocycles. The molecule has 3 nitrogen and oxygen atoms in total. The first-order valence-electron chi connectivity index (χ1n) is 4.60. The maximum Gasteiger partial charge on any atom is 0.275 e. The summed E-state index contributed by atoms with van der Waals surface area (Å²) in [5.41, 5.74) is 5.40. The van der Waals surface area contributed by atoms with E-state index >= 15 is 0 Å². The van der Waals surface area contributed by atoms with Crippen LogP contribution in [0, 0.1) is 0 Å². The van der Waals surface area contributed by atoms with Crippen molar-refractivity contribution in [1.82, 2.24) is 0 Å². The van der Waals surface area contributed by atoms with Gasteiger partial charge in [0.05, 0.1) is 14.2 Å². The van der Waals surface area contributed by atoms with Gasteiger partial charge in [-0.3, -0.25) is 0 Å². The lowest BCUT2D eigenvalue weighted by Crippen LogP contribution is -2.03. The van der Waals surface area contributed by atoms with Crippen LogP contribution in [0.5, 0.6) is 11.5 Å². The Kier molecular flexibility index (Phi) is 4.25. The van der Waals surface area contributed by atoms with Crippen molar-refractivity contribution in [2.24, 2.45) is 5.73 Å². The van der Waals surface area contributed by atoms with Crippen LogP contribution in [0.1, 0.15) is 5.56 Å². The van der Waals surface area contributed by atoms with Gasteiger partial charge in [-0.25, -0.2) is 0 Å². The molecular weight excluding hydrogens is 216 g/mol. The van der Waals surface area contributed by atoms with E-state index in [0.717, 1.165) is 0 Å². The highest BCUT2D eigenvalue weighted by Crippen LogP contribution is 2.31. The molecule has 0 radical (unpaired) electrons. The summed E-state index contributed by atoms with van der Waals surface area (Å²) in [6.45, 7) is -0.224. The molecule has 0 aromatic heterocycles. The Hall–Kier alpha value is -1.62. The molecule has 0 unspecified atom stereocenters. The largest absolute Gasteiger partial charge is 0.493 e. The zero-order chi connectivity index (χ0) is 12.1. The SMILES string of the molecule is COc1ccc(C(CN)=C(F)F)cc1OC. The zero-order valence-corrected chi connectivity index (χ0v) is 9.09. The summed E-state index contributed by atoms with van der Waals surface area (Å²) in [7, 11) is 2.92. The van der Waals surface area contributed by atoms with Crippen LogP contribution in [0.2, 0.25) is 0 Å². The van der Waals surface area contributed by atoms with Crippen LogP contribution >= 0.6 is 0 Å². The maximum atomic E-state index is 12.5. The molecule has 0 fully saturated rings. The summed E-state index contributed by atoms with van der Waals surface area (Å²) in [4.78, 5) is 0. The van der Waals surface area contributed by atoms with Crippen LogP contribution in [-0.2, 0) is 0 Å². The molecule has 0 saturated heterocycles. The lowest BCUT2D eigenvalue weighted by Gasteiger charge is -2.10. The summed E-state index contributed by atoms with van der Waals surface area (Å²) in [6.07, 6.45) is -1.78. The predicted molar refractivity (Wildman–Crippen MR) is 57.7 cm³/mol. The Bertz CT molecular complexity index is 401. The van der Waals surface area contributed by atoms with Crippen molar-refractivity contribution >= 4 is 5.57 Å². The highest BCUT2D eigenvalue weighted by atomic mass is 19.3. The minimum Gasteiger partial charge on any atom is -0.493 e. The topological polar surface area (TPSA) is 44.5 Å². The number of halogens is 2. The fraction of sp³-hybridized carbons (Fsp3) is 0.273.